The molecule has 1 atom stereocenters. The maximum atomic E-state index is 12.2. The number of aliphatic hydroxyl groups is 1. The summed E-state index contributed by atoms with van der Waals surface area (Å²) in [7, 11) is 0. The molecule has 2 N–H and O–H groups in total. The third-order valence-electron chi connectivity index (χ3n) is 4.47. The van der Waals surface area contributed by atoms with Gasteiger partial charge in [0.15, 0.2) is 0 Å². The van der Waals surface area contributed by atoms with Gasteiger partial charge in [-0.25, -0.2) is 0 Å². The second-order valence-electron chi connectivity index (χ2n) is 6.67. The first-order valence-corrected chi connectivity index (χ1v) is 8.21. The van der Waals surface area contributed by atoms with E-state index in [1.54, 1.807) is 0 Å². The van der Waals surface area contributed by atoms with E-state index in [0.717, 1.165) is 30.1 Å². The van der Waals surface area contributed by atoms with E-state index in [0.29, 0.717) is 18.7 Å². The molecule has 2 rings (SSSR count). The molecule has 4 heteroatoms. The van der Waals surface area contributed by atoms with E-state index < -0.39 is 6.10 Å². The zero-order valence-electron chi connectivity index (χ0n) is 13.9. The van der Waals surface area contributed by atoms with Gasteiger partial charge in [0.2, 0.25) is 0 Å². The Labute approximate surface area is 133 Å². The van der Waals surface area contributed by atoms with Gasteiger partial charge in [-0.05, 0) is 57.3 Å². The fraction of sp³-hybridized carbons (Fsp3) is 0.611. The van der Waals surface area contributed by atoms with E-state index in [1.807, 2.05) is 32.0 Å². The highest BCUT2D eigenvalue weighted by Crippen LogP contribution is 2.16. The number of likely N-dealkylation sites (tertiary alicyclic amines) is 1. The predicted octanol–water partition coefficient (Wildman–Crippen LogP) is 2.13. The van der Waals surface area contributed by atoms with E-state index in [9.17, 15) is 9.90 Å². The Bertz CT molecular complexity index is 508. The number of nitrogens with zero attached hydrogens (tertiary/aromatic N) is 1. The molecular weight excluding hydrogens is 276 g/mol. The number of benzene rings is 1. The van der Waals surface area contributed by atoms with Crippen molar-refractivity contribution in [3.63, 3.8) is 0 Å². The van der Waals surface area contributed by atoms with E-state index in [2.05, 4.69) is 17.1 Å². The first kappa shape index (κ1) is 17.0. The highest BCUT2D eigenvalue weighted by atomic mass is 16.3. The molecule has 1 unspecified atom stereocenters. The molecule has 1 fully saturated rings. The number of aryl methyl sites for hydroxylation is 2. The van der Waals surface area contributed by atoms with Crippen LogP contribution in [0.2, 0.25) is 0 Å². The second-order valence-corrected chi connectivity index (χ2v) is 6.67. The molecule has 0 bridgehead atoms. The molecule has 1 saturated heterocycles. The van der Waals surface area contributed by atoms with E-state index in [1.165, 1.54) is 12.8 Å². The van der Waals surface area contributed by atoms with Gasteiger partial charge in [0, 0.05) is 18.7 Å². The van der Waals surface area contributed by atoms with Gasteiger partial charge in [0.05, 0.1) is 6.10 Å². The number of hydrogen-bond acceptors (Lipinski definition) is 3. The van der Waals surface area contributed by atoms with Crippen molar-refractivity contribution in [1.82, 2.24) is 10.2 Å². The summed E-state index contributed by atoms with van der Waals surface area (Å²) in [5.41, 5.74) is 2.80. The van der Waals surface area contributed by atoms with Crippen molar-refractivity contribution in [2.75, 3.05) is 26.2 Å². The third-order valence-corrected chi connectivity index (χ3v) is 4.47. The lowest BCUT2D eigenvalue weighted by Crippen LogP contribution is -2.43. The molecule has 0 saturated carbocycles. The minimum Gasteiger partial charge on any atom is -0.390 e. The minimum atomic E-state index is -0.511. The summed E-state index contributed by atoms with van der Waals surface area (Å²) in [4.78, 5) is 14.5. The summed E-state index contributed by atoms with van der Waals surface area (Å²) in [5.74, 6) is 0.682. The van der Waals surface area contributed by atoms with Crippen LogP contribution in [0.25, 0.3) is 0 Å². The molecule has 1 heterocycles. The molecule has 0 aliphatic carbocycles. The fourth-order valence-electron chi connectivity index (χ4n) is 2.98. The lowest BCUT2D eigenvalue weighted by molar-refractivity contribution is 0.0795. The third kappa shape index (κ3) is 4.82. The number of β-amino-alcohol motifs (C(OH)–C–C–N with tert-alkyl or cyclic N) is 1. The number of nitrogens with one attached hydrogen (secondary N) is 1. The van der Waals surface area contributed by atoms with Gasteiger partial charge in [-0.15, -0.1) is 0 Å². The molecule has 122 valence electrons. The van der Waals surface area contributed by atoms with Crippen LogP contribution in [0.3, 0.4) is 0 Å². The van der Waals surface area contributed by atoms with Gasteiger partial charge >= 0.3 is 0 Å². The normalized spacial score (nSPS) is 18.2. The summed E-state index contributed by atoms with van der Waals surface area (Å²) in [5, 5.41) is 13.0. The van der Waals surface area contributed by atoms with Crippen molar-refractivity contribution in [3.8, 4) is 0 Å². The van der Waals surface area contributed by atoms with Gasteiger partial charge in [-0.1, -0.05) is 24.6 Å². The van der Waals surface area contributed by atoms with Crippen molar-refractivity contribution in [1.29, 1.82) is 0 Å². The lowest BCUT2D eigenvalue weighted by atomic mass is 9.99. The first-order chi connectivity index (χ1) is 10.5. The Balaban J connectivity index is 1.78. The van der Waals surface area contributed by atoms with Gasteiger partial charge in [0.25, 0.3) is 5.91 Å². The fourth-order valence-corrected chi connectivity index (χ4v) is 2.98. The SMILES string of the molecule is Cc1ccc(C(=O)NCC(O)CN2CCC(C)CC2)c(C)c1. The molecule has 1 aromatic carbocycles. The quantitative estimate of drug-likeness (QED) is 0.876. The maximum Gasteiger partial charge on any atom is 0.251 e. The number of hydrogen-bond donors (Lipinski definition) is 2. The largest absolute Gasteiger partial charge is 0.390 e. The van der Waals surface area contributed by atoms with E-state index >= 15 is 0 Å². The molecule has 1 aliphatic rings. The second kappa shape index (κ2) is 7.75. The van der Waals surface area contributed by atoms with Crippen LogP contribution in [-0.4, -0.2) is 48.2 Å². The van der Waals surface area contributed by atoms with Crippen molar-refractivity contribution in [3.05, 3.63) is 34.9 Å². The number of aliphatic hydroxyl groups excluding tert-OH is 1. The zero-order chi connectivity index (χ0) is 16.1. The van der Waals surface area contributed by atoms with Crippen LogP contribution in [0, 0.1) is 19.8 Å². The van der Waals surface area contributed by atoms with Crippen molar-refractivity contribution in [2.45, 2.75) is 39.7 Å². The number of piperidine rings is 1. The predicted molar refractivity (Wildman–Crippen MR) is 89.1 cm³/mol. The Morgan fingerprint density at radius 3 is 2.68 bits per heavy atom. The topological polar surface area (TPSA) is 52.6 Å². The van der Waals surface area contributed by atoms with Gasteiger partial charge in [-0.2, -0.15) is 0 Å². The standard InChI is InChI=1S/C18H28N2O2/c1-13-6-8-20(9-7-13)12-16(21)11-19-18(22)17-5-4-14(2)10-15(17)3/h4-5,10,13,16,21H,6-9,11-12H2,1-3H3,(H,19,22). The smallest absolute Gasteiger partial charge is 0.251 e. The average Bonchev–Trinajstić information content (AvgIpc) is 2.47. The maximum absolute atomic E-state index is 12.2. The van der Waals surface area contributed by atoms with Gasteiger partial charge < -0.3 is 15.3 Å². The van der Waals surface area contributed by atoms with Crippen LogP contribution in [0.5, 0.6) is 0 Å². The lowest BCUT2D eigenvalue weighted by Gasteiger charge is -2.31. The number of amides is 1. The molecule has 0 aromatic heterocycles. The molecule has 4 nitrogen and oxygen atoms in total. The molecule has 0 spiro atoms. The molecule has 22 heavy (non-hydrogen) atoms. The Kier molecular flexibility index (Phi) is 5.98. The zero-order valence-corrected chi connectivity index (χ0v) is 13.9. The summed E-state index contributed by atoms with van der Waals surface area (Å²) < 4.78 is 0. The monoisotopic (exact) mass is 304 g/mol. The van der Waals surface area contributed by atoms with Crippen molar-refractivity contribution < 1.29 is 9.90 Å². The molecule has 1 amide bonds. The highest BCUT2D eigenvalue weighted by molar-refractivity contribution is 5.95. The number of carbonyl (C=O) groups is 1. The summed E-state index contributed by atoms with van der Waals surface area (Å²) in [6.07, 6.45) is 1.88. The molecule has 1 aromatic rings. The summed E-state index contributed by atoms with van der Waals surface area (Å²) >= 11 is 0. The summed E-state index contributed by atoms with van der Waals surface area (Å²) in [6, 6.07) is 5.78. The van der Waals surface area contributed by atoms with Crippen molar-refractivity contribution in [2.24, 2.45) is 5.92 Å². The highest BCUT2D eigenvalue weighted by Gasteiger charge is 2.19. The molecular formula is C18H28N2O2. The summed E-state index contributed by atoms with van der Waals surface area (Å²) in [6.45, 7) is 9.26. The Morgan fingerprint density at radius 1 is 1.36 bits per heavy atom. The molecule has 0 radical (unpaired) electrons. The van der Waals surface area contributed by atoms with Crippen LogP contribution in [0.4, 0.5) is 0 Å². The first-order valence-electron chi connectivity index (χ1n) is 8.21. The van der Waals surface area contributed by atoms with Crippen LogP contribution in [0.1, 0.15) is 41.3 Å². The van der Waals surface area contributed by atoms with Gasteiger partial charge in [0.1, 0.15) is 0 Å². The Morgan fingerprint density at radius 2 is 2.05 bits per heavy atom. The molecule has 1 aliphatic heterocycles. The number of rotatable bonds is 5. The van der Waals surface area contributed by atoms with Crippen LogP contribution >= 0.6 is 0 Å². The van der Waals surface area contributed by atoms with E-state index in [-0.39, 0.29) is 5.91 Å². The minimum absolute atomic E-state index is 0.108. The van der Waals surface area contributed by atoms with E-state index in [4.69, 9.17) is 0 Å². The van der Waals surface area contributed by atoms with Crippen molar-refractivity contribution >= 4 is 5.91 Å². The Hall–Kier alpha value is -1.39. The van der Waals surface area contributed by atoms with Gasteiger partial charge in [-0.3, -0.25) is 4.79 Å². The van der Waals surface area contributed by atoms with Crippen LogP contribution in [-0.2, 0) is 0 Å². The van der Waals surface area contributed by atoms with Crippen LogP contribution < -0.4 is 5.32 Å². The average molecular weight is 304 g/mol. The van der Waals surface area contributed by atoms with Crippen LogP contribution in [0.15, 0.2) is 18.2 Å². The number of carbonyl (C=O) groups excluding carboxylic acids is 1.